The minimum absolute atomic E-state index is 0.222. The monoisotopic (exact) mass is 315 g/mol. The lowest BCUT2D eigenvalue weighted by Crippen LogP contribution is -2.30. The molecular formula is C17H17NO3S. The molecule has 2 aromatic rings. The van der Waals surface area contributed by atoms with Gasteiger partial charge >= 0.3 is 5.97 Å². The van der Waals surface area contributed by atoms with Crippen molar-refractivity contribution in [2.24, 2.45) is 0 Å². The van der Waals surface area contributed by atoms with E-state index in [0.29, 0.717) is 4.88 Å². The molecule has 3 rings (SSSR count). The number of benzene rings is 1. The molecule has 22 heavy (non-hydrogen) atoms. The first kappa shape index (κ1) is 14.8. The zero-order valence-corrected chi connectivity index (χ0v) is 13.1. The molecular weight excluding hydrogens is 298 g/mol. The number of nitrogens with one attached hydrogen (secondary N) is 1. The molecule has 1 aromatic carbocycles. The summed E-state index contributed by atoms with van der Waals surface area (Å²) in [6.45, 7) is 1.80. The lowest BCUT2D eigenvalue weighted by Gasteiger charge is -2.06. The smallest absolute Gasteiger partial charge is 0.349 e. The summed E-state index contributed by atoms with van der Waals surface area (Å²) in [7, 11) is 0. The summed E-state index contributed by atoms with van der Waals surface area (Å²) >= 11 is 1.33. The molecule has 4 nitrogen and oxygen atoms in total. The molecule has 1 fully saturated rings. The minimum atomic E-state index is -0.448. The molecule has 0 radical (unpaired) electrons. The Morgan fingerprint density at radius 1 is 1.23 bits per heavy atom. The van der Waals surface area contributed by atoms with Crippen LogP contribution in [0.5, 0.6) is 0 Å². The third-order valence-corrected chi connectivity index (χ3v) is 4.38. The minimum Gasteiger partial charge on any atom is -0.451 e. The first-order chi connectivity index (χ1) is 10.6. The number of ether oxygens (including phenoxy) is 1. The Morgan fingerprint density at radius 2 is 1.95 bits per heavy atom. The summed E-state index contributed by atoms with van der Waals surface area (Å²) in [6.07, 6.45) is 2.03. The molecule has 1 aromatic heterocycles. The maximum atomic E-state index is 12.2. The van der Waals surface area contributed by atoms with Crippen LogP contribution < -0.4 is 5.32 Å². The van der Waals surface area contributed by atoms with Gasteiger partial charge in [0.25, 0.3) is 5.91 Å². The Kier molecular flexibility index (Phi) is 4.24. The molecule has 1 saturated carbocycles. The van der Waals surface area contributed by atoms with Crippen molar-refractivity contribution < 1.29 is 14.3 Å². The van der Waals surface area contributed by atoms with Gasteiger partial charge in [0.2, 0.25) is 0 Å². The molecule has 114 valence electrons. The fraction of sp³-hybridized carbons (Fsp3) is 0.294. The number of esters is 1. The third kappa shape index (κ3) is 3.54. The van der Waals surface area contributed by atoms with Gasteiger partial charge in [-0.1, -0.05) is 29.8 Å². The van der Waals surface area contributed by atoms with E-state index in [1.807, 2.05) is 42.6 Å². The molecule has 0 aliphatic heterocycles. The topological polar surface area (TPSA) is 55.4 Å². The van der Waals surface area contributed by atoms with Crippen molar-refractivity contribution in [2.45, 2.75) is 25.8 Å². The highest BCUT2D eigenvalue weighted by Gasteiger charge is 2.24. The lowest BCUT2D eigenvalue weighted by atomic mass is 10.1. The van der Waals surface area contributed by atoms with Crippen LogP contribution in [0, 0.1) is 6.92 Å². The zero-order valence-electron chi connectivity index (χ0n) is 12.3. The largest absolute Gasteiger partial charge is 0.451 e. The molecule has 5 heteroatoms. The first-order valence-electron chi connectivity index (χ1n) is 7.24. The van der Waals surface area contributed by atoms with Crippen LogP contribution in [0.25, 0.3) is 11.1 Å². The molecule has 0 bridgehead atoms. The van der Waals surface area contributed by atoms with E-state index in [1.54, 1.807) is 0 Å². The summed E-state index contributed by atoms with van der Waals surface area (Å²) in [5.41, 5.74) is 2.98. The van der Waals surface area contributed by atoms with E-state index in [4.69, 9.17) is 4.74 Å². The average Bonchev–Trinajstić information content (AvgIpc) is 3.18. The van der Waals surface area contributed by atoms with Gasteiger partial charge in [0.1, 0.15) is 4.88 Å². The Hall–Kier alpha value is -2.14. The van der Waals surface area contributed by atoms with Gasteiger partial charge in [-0.05, 0) is 36.8 Å². The van der Waals surface area contributed by atoms with E-state index < -0.39 is 5.97 Å². The van der Waals surface area contributed by atoms with E-state index in [-0.39, 0.29) is 18.6 Å². The molecule has 1 aliphatic carbocycles. The standard InChI is InChI=1S/C17H17NO3S/c1-11-2-4-12(5-3-11)14-8-9-22-16(14)17(20)21-10-15(19)18-13-6-7-13/h2-5,8-9,13H,6-7,10H2,1H3,(H,18,19). The molecule has 1 N–H and O–H groups in total. The average molecular weight is 315 g/mol. The quantitative estimate of drug-likeness (QED) is 0.862. The molecule has 1 aliphatic rings. The zero-order chi connectivity index (χ0) is 15.5. The number of amides is 1. The van der Waals surface area contributed by atoms with E-state index >= 15 is 0 Å². The van der Waals surface area contributed by atoms with Crippen molar-refractivity contribution in [2.75, 3.05) is 6.61 Å². The summed E-state index contributed by atoms with van der Waals surface area (Å²) in [6, 6.07) is 10.1. The number of rotatable bonds is 5. The van der Waals surface area contributed by atoms with Gasteiger partial charge in [0, 0.05) is 11.6 Å². The number of hydrogen-bond acceptors (Lipinski definition) is 4. The third-order valence-electron chi connectivity index (χ3n) is 3.49. The molecule has 1 heterocycles. The second-order valence-electron chi connectivity index (χ2n) is 5.45. The molecule has 0 saturated heterocycles. The van der Waals surface area contributed by atoms with Crippen LogP contribution in [-0.2, 0) is 9.53 Å². The Morgan fingerprint density at radius 3 is 2.64 bits per heavy atom. The summed E-state index contributed by atoms with van der Waals surface area (Å²) in [5, 5.41) is 4.65. The van der Waals surface area contributed by atoms with Crippen LogP contribution in [0.3, 0.4) is 0 Å². The normalized spacial score (nSPS) is 13.7. The molecule has 0 atom stereocenters. The Labute approximate surface area is 133 Å². The van der Waals surface area contributed by atoms with E-state index in [1.165, 1.54) is 16.9 Å². The van der Waals surface area contributed by atoms with E-state index in [9.17, 15) is 9.59 Å². The fourth-order valence-electron chi connectivity index (χ4n) is 2.12. The molecule has 0 spiro atoms. The predicted octanol–water partition coefficient (Wildman–Crippen LogP) is 3.16. The van der Waals surface area contributed by atoms with Crippen LogP contribution >= 0.6 is 11.3 Å². The van der Waals surface area contributed by atoms with Gasteiger partial charge in [-0.25, -0.2) is 4.79 Å². The molecule has 0 unspecified atom stereocenters. The van der Waals surface area contributed by atoms with Crippen molar-refractivity contribution >= 4 is 23.2 Å². The number of hydrogen-bond donors (Lipinski definition) is 1. The van der Waals surface area contributed by atoms with Crippen LogP contribution in [-0.4, -0.2) is 24.5 Å². The van der Waals surface area contributed by atoms with Crippen LogP contribution in [0.4, 0.5) is 0 Å². The highest BCUT2D eigenvalue weighted by molar-refractivity contribution is 7.12. The van der Waals surface area contributed by atoms with Gasteiger partial charge in [-0.2, -0.15) is 0 Å². The van der Waals surface area contributed by atoms with Crippen LogP contribution in [0.2, 0.25) is 0 Å². The Balaban J connectivity index is 1.66. The predicted molar refractivity (Wildman–Crippen MR) is 85.9 cm³/mol. The van der Waals surface area contributed by atoms with Gasteiger partial charge in [0.05, 0.1) is 0 Å². The van der Waals surface area contributed by atoms with Crippen molar-refractivity contribution in [3.63, 3.8) is 0 Å². The maximum Gasteiger partial charge on any atom is 0.349 e. The number of aryl methyl sites for hydroxylation is 1. The van der Waals surface area contributed by atoms with Gasteiger partial charge in [0.15, 0.2) is 6.61 Å². The van der Waals surface area contributed by atoms with Crippen LogP contribution in [0.15, 0.2) is 35.7 Å². The highest BCUT2D eigenvalue weighted by atomic mass is 32.1. The van der Waals surface area contributed by atoms with Crippen molar-refractivity contribution in [1.29, 1.82) is 0 Å². The fourth-order valence-corrected chi connectivity index (χ4v) is 2.93. The number of carbonyl (C=O) groups excluding carboxylic acids is 2. The van der Waals surface area contributed by atoms with Crippen LogP contribution in [0.1, 0.15) is 28.1 Å². The van der Waals surface area contributed by atoms with Crippen molar-refractivity contribution in [3.05, 3.63) is 46.2 Å². The van der Waals surface area contributed by atoms with Gasteiger partial charge < -0.3 is 10.1 Å². The Bertz CT molecular complexity index is 686. The maximum absolute atomic E-state index is 12.2. The number of carbonyl (C=O) groups is 2. The van der Waals surface area contributed by atoms with Crippen molar-refractivity contribution in [3.8, 4) is 11.1 Å². The van der Waals surface area contributed by atoms with Gasteiger partial charge in [-0.3, -0.25) is 4.79 Å². The first-order valence-corrected chi connectivity index (χ1v) is 8.12. The highest BCUT2D eigenvalue weighted by Crippen LogP contribution is 2.29. The second kappa shape index (κ2) is 6.32. The van der Waals surface area contributed by atoms with E-state index in [0.717, 1.165) is 24.0 Å². The van der Waals surface area contributed by atoms with E-state index in [2.05, 4.69) is 5.32 Å². The molecule has 1 amide bonds. The summed E-state index contributed by atoms with van der Waals surface area (Å²) < 4.78 is 5.12. The SMILES string of the molecule is Cc1ccc(-c2ccsc2C(=O)OCC(=O)NC2CC2)cc1. The number of thiophene rings is 1. The van der Waals surface area contributed by atoms with Crippen molar-refractivity contribution in [1.82, 2.24) is 5.32 Å². The summed E-state index contributed by atoms with van der Waals surface area (Å²) in [5.74, 6) is -0.680. The van der Waals surface area contributed by atoms with Gasteiger partial charge in [-0.15, -0.1) is 11.3 Å². The summed E-state index contributed by atoms with van der Waals surface area (Å²) in [4.78, 5) is 24.3. The second-order valence-corrected chi connectivity index (χ2v) is 6.36. The lowest BCUT2D eigenvalue weighted by molar-refractivity contribution is -0.124.